The van der Waals surface area contributed by atoms with E-state index in [4.69, 9.17) is 0 Å². The van der Waals surface area contributed by atoms with Gasteiger partial charge >= 0.3 is 0 Å². The monoisotopic (exact) mass is 1120 g/mol. The quantitative estimate of drug-likeness (QED) is 0.183. The topological polar surface area (TPSA) is 279 Å². The van der Waals surface area contributed by atoms with Gasteiger partial charge in [-0.05, 0) is 89.9 Å². The lowest BCUT2D eigenvalue weighted by Crippen LogP contribution is -2.63. The van der Waals surface area contributed by atoms with Gasteiger partial charge in [0.25, 0.3) is 0 Å². The lowest BCUT2D eigenvalue weighted by molar-refractivity contribution is -0.157. The van der Waals surface area contributed by atoms with Gasteiger partial charge in [0.2, 0.25) is 65.0 Å². The van der Waals surface area contributed by atoms with Crippen molar-refractivity contribution in [2.45, 2.75) is 196 Å². The molecule has 11 amide bonds. The predicted octanol–water partition coefficient (Wildman–Crippen LogP) is 1.22. The second-order valence-electron chi connectivity index (χ2n) is 23.2. The number of nitrogens with zero attached hydrogens (tertiary/aromatic N) is 7. The number of amides is 11. The van der Waals surface area contributed by atoms with Gasteiger partial charge in [-0.25, -0.2) is 0 Å². The first kappa shape index (κ1) is 70.9. The van der Waals surface area contributed by atoms with Crippen molar-refractivity contribution in [3.8, 4) is 0 Å². The second kappa shape index (κ2) is 31.6. The molecule has 1 aliphatic heterocycles. The largest absolute Gasteiger partial charge is 0.390 e. The smallest absolute Gasteiger partial charge is 0.246 e. The highest BCUT2D eigenvalue weighted by molar-refractivity contribution is 5.99. The van der Waals surface area contributed by atoms with Crippen molar-refractivity contribution in [1.29, 1.82) is 0 Å². The van der Waals surface area contributed by atoms with E-state index in [0.717, 1.165) is 19.6 Å². The van der Waals surface area contributed by atoms with Crippen LogP contribution in [0.3, 0.4) is 0 Å². The normalized spacial score (nSPS) is 27.9. The Balaban J connectivity index is 4.15. The number of hydrogen-bond donors (Lipinski definition) is 5. The van der Waals surface area contributed by atoms with Crippen molar-refractivity contribution in [1.82, 2.24) is 55.6 Å². The van der Waals surface area contributed by atoms with Gasteiger partial charge in [-0.3, -0.25) is 52.7 Å². The molecule has 0 aromatic carbocycles. The van der Waals surface area contributed by atoms with Gasteiger partial charge in [0.1, 0.15) is 60.4 Å². The summed E-state index contributed by atoms with van der Waals surface area (Å²) in [6, 6.07) is -12.3. The Labute approximate surface area is 470 Å². The van der Waals surface area contributed by atoms with E-state index in [0.29, 0.717) is 6.42 Å². The third kappa shape index (κ3) is 19.0. The van der Waals surface area contributed by atoms with Gasteiger partial charge in [0.05, 0.1) is 12.6 Å². The molecule has 0 saturated carbocycles. The molecule has 5 N–H and O–H groups in total. The van der Waals surface area contributed by atoms with Gasteiger partial charge < -0.3 is 60.7 Å². The number of nitrogens with one attached hydrogen (secondary N) is 4. The number of rotatable bonds is 11. The number of likely N-dealkylation sites (N-methyl/N-ethyl adjacent to an activating group) is 7. The molecule has 1 aliphatic rings. The van der Waals surface area contributed by atoms with E-state index in [2.05, 4.69) is 21.3 Å². The molecule has 23 nitrogen and oxygen atoms in total. The Bertz CT molecular complexity index is 2190. The summed E-state index contributed by atoms with van der Waals surface area (Å²) in [5.74, 6) is -9.63. The van der Waals surface area contributed by atoms with Gasteiger partial charge in [-0.1, -0.05) is 81.4 Å². The Hall–Kier alpha value is -6.13. The summed E-state index contributed by atoms with van der Waals surface area (Å²) in [4.78, 5) is 165. The number of carbonyl (C=O) groups is 11. The van der Waals surface area contributed by atoms with Gasteiger partial charge in [-0.2, -0.15) is 0 Å². The highest BCUT2D eigenvalue weighted by Gasteiger charge is 2.45. The second-order valence-corrected chi connectivity index (χ2v) is 23.2. The molecule has 0 radical (unpaired) electrons. The molecule has 0 bridgehead atoms. The Kier molecular flexibility index (Phi) is 28.4. The lowest BCUT2D eigenvalue weighted by atomic mass is 9.91. The molecule has 1 fully saturated rings. The number of aliphatic hydroxyl groups is 1. The maximum atomic E-state index is 15.0. The number of carbonyl (C=O) groups excluding carboxylic acids is 11. The van der Waals surface area contributed by atoms with Crippen LogP contribution in [0.2, 0.25) is 0 Å². The van der Waals surface area contributed by atoms with Crippen LogP contribution in [0, 0.1) is 29.6 Å². The highest BCUT2D eigenvalue weighted by Crippen LogP contribution is 2.25. The molecule has 23 heteroatoms. The Morgan fingerprint density at radius 2 is 0.962 bits per heavy atom. The summed E-state index contributed by atoms with van der Waals surface area (Å²) in [5, 5.41) is 22.6. The molecular weight excluding hydrogens is 1020 g/mol. The minimum absolute atomic E-state index is 0.0239. The molecule has 0 aromatic heterocycles. The van der Waals surface area contributed by atoms with Crippen LogP contribution < -0.4 is 21.3 Å². The van der Waals surface area contributed by atoms with Crippen LogP contribution in [0.4, 0.5) is 0 Å². The Morgan fingerprint density at radius 1 is 0.506 bits per heavy atom. The third-order valence-corrected chi connectivity index (χ3v) is 15.1. The van der Waals surface area contributed by atoms with E-state index in [1.165, 1.54) is 91.7 Å². The van der Waals surface area contributed by atoms with E-state index in [-0.39, 0.29) is 31.1 Å². The SMILES string of the molecule is C/C=C/C[C@@H](C)[C@@H](O)[C@H]1C(=O)N[C@@H](CC)C(=O)N(C)CC(=O)N(C)C(C)C(=O)N[C@@H](C(C)C)C(=O)N(C)[C@@H](C)C(=O)N[C@@H](C)C(=O)N[C@H](C)C(=O)N(C)[C@@H](CC(C)C)C(=O)N(C)[C@H](CC(C)C)C(=O)N(C)[C@@H](C(C)C)C(=O)N1C. The summed E-state index contributed by atoms with van der Waals surface area (Å²) in [6.07, 6.45) is 2.72. The van der Waals surface area contributed by atoms with Crippen molar-refractivity contribution >= 4 is 65.0 Å². The minimum atomic E-state index is -1.60. The molecular formula is C56H99N11O12. The molecule has 0 aromatic rings. The van der Waals surface area contributed by atoms with Crippen LogP contribution >= 0.6 is 0 Å². The molecule has 450 valence electrons. The molecule has 12 atom stereocenters. The molecule has 0 aliphatic carbocycles. The average Bonchev–Trinajstić information content (AvgIpc) is 3.38. The summed E-state index contributed by atoms with van der Waals surface area (Å²) in [6.45, 7) is 24.5. The summed E-state index contributed by atoms with van der Waals surface area (Å²) < 4.78 is 0. The molecule has 1 rings (SSSR count). The standard InChI is InChI=1S/C56H99N11O12/c1-23-25-26-34(11)46(69)45-50(73)59-39(24-2)52(75)61(16)29-42(68)62(17)37(14)49(72)60-43(32(7)8)55(78)63(18)38(15)48(71)57-35(12)47(70)58-36(13)51(74)64(19)40(27-30(3)4)53(76)65(20)41(28-31(5)6)54(77)66(21)44(33(9)10)56(79)67(45)22/h23,25,30-41,43-46,69H,24,26-29H2,1-22H3,(H,57,71)(H,58,70)(H,59,73)(H,60,72)/b25-23+/t34-,35+,36-,37?,38+,39+,40+,41-,43+,44+,45+,46-/m1/s1. The van der Waals surface area contributed by atoms with Crippen LogP contribution in [-0.4, -0.2) is 227 Å². The molecule has 0 spiro atoms. The van der Waals surface area contributed by atoms with Crippen molar-refractivity contribution in [3.63, 3.8) is 0 Å². The number of hydrogen-bond acceptors (Lipinski definition) is 12. The fraction of sp³-hybridized carbons (Fsp3) is 0.768. The van der Waals surface area contributed by atoms with Crippen molar-refractivity contribution < 1.29 is 57.8 Å². The van der Waals surface area contributed by atoms with Crippen molar-refractivity contribution in [2.75, 3.05) is 55.9 Å². The summed E-state index contributed by atoms with van der Waals surface area (Å²) >= 11 is 0. The first-order valence-corrected chi connectivity index (χ1v) is 27.8. The van der Waals surface area contributed by atoms with Crippen molar-refractivity contribution in [3.05, 3.63) is 12.2 Å². The number of allylic oxidation sites excluding steroid dienone is 2. The maximum absolute atomic E-state index is 15.0. The zero-order valence-corrected chi connectivity index (χ0v) is 51.5. The van der Waals surface area contributed by atoms with Gasteiger partial charge in [0.15, 0.2) is 0 Å². The van der Waals surface area contributed by atoms with E-state index < -0.39 is 156 Å². The molecule has 1 unspecified atom stereocenters. The van der Waals surface area contributed by atoms with Crippen molar-refractivity contribution in [2.24, 2.45) is 29.6 Å². The van der Waals surface area contributed by atoms with Crippen LogP contribution in [0.25, 0.3) is 0 Å². The maximum Gasteiger partial charge on any atom is 0.246 e. The van der Waals surface area contributed by atoms with Crippen LogP contribution in [-0.2, 0) is 52.7 Å². The Morgan fingerprint density at radius 3 is 1.43 bits per heavy atom. The predicted molar refractivity (Wildman–Crippen MR) is 301 cm³/mol. The minimum Gasteiger partial charge on any atom is -0.390 e. The lowest BCUT2D eigenvalue weighted by Gasteiger charge is -2.41. The summed E-state index contributed by atoms with van der Waals surface area (Å²) in [7, 11) is 9.71. The van der Waals surface area contributed by atoms with E-state index in [9.17, 15) is 48.3 Å². The fourth-order valence-electron chi connectivity index (χ4n) is 9.39. The van der Waals surface area contributed by atoms with E-state index in [1.54, 1.807) is 60.6 Å². The highest BCUT2D eigenvalue weighted by atomic mass is 16.3. The number of aliphatic hydroxyl groups excluding tert-OH is 1. The molecule has 79 heavy (non-hydrogen) atoms. The van der Waals surface area contributed by atoms with Gasteiger partial charge in [0, 0.05) is 49.3 Å². The molecule has 1 heterocycles. The third-order valence-electron chi connectivity index (χ3n) is 15.1. The van der Waals surface area contributed by atoms with Gasteiger partial charge in [-0.15, -0.1) is 0 Å². The van der Waals surface area contributed by atoms with Crippen LogP contribution in [0.5, 0.6) is 0 Å². The first-order chi connectivity index (χ1) is 36.4. The van der Waals surface area contributed by atoms with Crippen LogP contribution in [0.1, 0.15) is 130 Å². The molecule has 1 saturated heterocycles. The average molecular weight is 1120 g/mol. The zero-order valence-electron chi connectivity index (χ0n) is 51.5. The van der Waals surface area contributed by atoms with Crippen LogP contribution in [0.15, 0.2) is 12.2 Å². The summed E-state index contributed by atoms with van der Waals surface area (Å²) in [5.41, 5.74) is 0. The zero-order chi connectivity index (χ0) is 61.4. The fourth-order valence-corrected chi connectivity index (χ4v) is 9.39. The van der Waals surface area contributed by atoms with E-state index >= 15 is 9.59 Å². The first-order valence-electron chi connectivity index (χ1n) is 27.8. The van der Waals surface area contributed by atoms with E-state index in [1.807, 2.05) is 27.7 Å².